The van der Waals surface area contributed by atoms with Crippen LogP contribution in [0.25, 0.3) is 5.69 Å². The van der Waals surface area contributed by atoms with E-state index in [0.29, 0.717) is 12.6 Å². The molecule has 6 heteroatoms. The fraction of sp³-hybridized carbons (Fsp3) is 0.400. The van der Waals surface area contributed by atoms with E-state index in [1.54, 1.807) is 6.20 Å². The zero-order valence-corrected chi connectivity index (χ0v) is 18.2. The van der Waals surface area contributed by atoms with Gasteiger partial charge in [0.05, 0.1) is 12.3 Å². The molecule has 1 N–H and O–H groups in total. The van der Waals surface area contributed by atoms with Crippen LogP contribution in [0, 0.1) is 0 Å². The normalized spacial score (nSPS) is 17.7. The van der Waals surface area contributed by atoms with Crippen LogP contribution in [0.2, 0.25) is 0 Å². The Kier molecular flexibility index (Phi) is 7.35. The van der Waals surface area contributed by atoms with Gasteiger partial charge in [-0.2, -0.15) is 5.10 Å². The standard InChI is InChI=1S/C25H32N4O2/c1-2-31-25-7-4-3-6-22(25)19-28-16-15-27(20-24(28)12-17-30)18-21-8-10-23(11-9-21)29-14-5-13-26-29/h3-11,13-14,24,30H,2,12,15-20H2,1H3/t24-/m0/s1. The quantitative estimate of drug-likeness (QED) is 0.575. The number of ether oxygens (including phenoxy) is 1. The van der Waals surface area contributed by atoms with Crippen LogP contribution in [0.4, 0.5) is 0 Å². The van der Waals surface area contributed by atoms with Gasteiger partial charge >= 0.3 is 0 Å². The van der Waals surface area contributed by atoms with E-state index in [1.807, 2.05) is 36.0 Å². The average Bonchev–Trinajstić information content (AvgIpc) is 3.33. The molecule has 0 amide bonds. The molecule has 2 aromatic carbocycles. The molecule has 2 heterocycles. The molecular formula is C25H32N4O2. The van der Waals surface area contributed by atoms with Crippen molar-refractivity contribution in [2.24, 2.45) is 0 Å². The smallest absolute Gasteiger partial charge is 0.123 e. The number of aliphatic hydroxyl groups is 1. The van der Waals surface area contributed by atoms with Crippen molar-refractivity contribution in [2.45, 2.75) is 32.5 Å². The third-order valence-electron chi connectivity index (χ3n) is 5.91. The Balaban J connectivity index is 1.39. The minimum absolute atomic E-state index is 0.209. The van der Waals surface area contributed by atoms with Gasteiger partial charge in [-0.25, -0.2) is 4.68 Å². The number of aliphatic hydroxyl groups excluding tert-OH is 1. The SMILES string of the molecule is CCOc1ccccc1CN1CCN(Cc2ccc(-n3cccn3)cc2)C[C@@H]1CCO. The van der Waals surface area contributed by atoms with Gasteiger partial charge in [0.15, 0.2) is 0 Å². The van der Waals surface area contributed by atoms with Gasteiger partial charge in [0.25, 0.3) is 0 Å². The first-order chi connectivity index (χ1) is 15.3. The van der Waals surface area contributed by atoms with Gasteiger partial charge < -0.3 is 9.84 Å². The lowest BCUT2D eigenvalue weighted by Crippen LogP contribution is -2.52. The predicted octanol–water partition coefficient (Wildman–Crippen LogP) is 3.34. The van der Waals surface area contributed by atoms with Gasteiger partial charge in [0.1, 0.15) is 5.75 Å². The Morgan fingerprint density at radius 3 is 2.61 bits per heavy atom. The Bertz CT molecular complexity index is 927. The molecule has 0 saturated carbocycles. The van der Waals surface area contributed by atoms with E-state index in [0.717, 1.165) is 50.6 Å². The molecule has 4 rings (SSSR count). The number of nitrogens with zero attached hydrogens (tertiary/aromatic N) is 4. The summed E-state index contributed by atoms with van der Waals surface area (Å²) in [5.41, 5.74) is 3.59. The molecule has 1 aliphatic heterocycles. The third kappa shape index (κ3) is 5.53. The number of para-hydroxylation sites is 1. The second-order valence-corrected chi connectivity index (χ2v) is 8.03. The molecule has 3 aromatic rings. The Morgan fingerprint density at radius 1 is 1.03 bits per heavy atom. The predicted molar refractivity (Wildman–Crippen MR) is 122 cm³/mol. The van der Waals surface area contributed by atoms with Gasteiger partial charge in [-0.3, -0.25) is 9.80 Å². The number of piperazine rings is 1. The van der Waals surface area contributed by atoms with Crippen LogP contribution < -0.4 is 4.74 Å². The lowest BCUT2D eigenvalue weighted by molar-refractivity contribution is 0.0494. The molecule has 1 atom stereocenters. The summed E-state index contributed by atoms with van der Waals surface area (Å²) < 4.78 is 7.69. The lowest BCUT2D eigenvalue weighted by atomic mass is 10.1. The van der Waals surface area contributed by atoms with Crippen molar-refractivity contribution < 1.29 is 9.84 Å². The third-order valence-corrected chi connectivity index (χ3v) is 5.91. The molecule has 0 bridgehead atoms. The highest BCUT2D eigenvalue weighted by atomic mass is 16.5. The van der Waals surface area contributed by atoms with Crippen molar-refractivity contribution in [1.29, 1.82) is 0 Å². The van der Waals surface area contributed by atoms with Crippen LogP contribution in [0.3, 0.4) is 0 Å². The Hall–Kier alpha value is -2.67. The number of aromatic nitrogens is 2. The fourth-order valence-electron chi connectivity index (χ4n) is 4.32. The maximum absolute atomic E-state index is 9.66. The average molecular weight is 421 g/mol. The summed E-state index contributed by atoms with van der Waals surface area (Å²) in [5.74, 6) is 0.965. The molecule has 1 saturated heterocycles. The van der Waals surface area contributed by atoms with Gasteiger partial charge in [0, 0.05) is 63.3 Å². The summed E-state index contributed by atoms with van der Waals surface area (Å²) in [6.07, 6.45) is 4.53. The van der Waals surface area contributed by atoms with E-state index in [-0.39, 0.29) is 6.61 Å². The van der Waals surface area contributed by atoms with Crippen LogP contribution in [0.15, 0.2) is 67.0 Å². The van der Waals surface area contributed by atoms with Crippen molar-refractivity contribution in [3.63, 3.8) is 0 Å². The molecule has 164 valence electrons. The Morgan fingerprint density at radius 2 is 1.87 bits per heavy atom. The summed E-state index contributed by atoms with van der Waals surface area (Å²) >= 11 is 0. The van der Waals surface area contributed by atoms with Gasteiger partial charge in [0.2, 0.25) is 0 Å². The molecule has 0 unspecified atom stereocenters. The van der Waals surface area contributed by atoms with Crippen LogP contribution in [0.5, 0.6) is 5.75 Å². The molecule has 0 aliphatic carbocycles. The van der Waals surface area contributed by atoms with Gasteiger partial charge in [-0.05, 0) is 43.2 Å². The van der Waals surface area contributed by atoms with E-state index < -0.39 is 0 Å². The second kappa shape index (κ2) is 10.6. The second-order valence-electron chi connectivity index (χ2n) is 8.03. The summed E-state index contributed by atoms with van der Waals surface area (Å²) in [6.45, 7) is 7.63. The molecule has 1 fully saturated rings. The molecule has 0 radical (unpaired) electrons. The first-order valence-corrected chi connectivity index (χ1v) is 11.1. The van der Waals surface area contributed by atoms with Gasteiger partial charge in [-0.15, -0.1) is 0 Å². The number of hydrogen-bond donors (Lipinski definition) is 1. The molecule has 1 aromatic heterocycles. The van der Waals surface area contributed by atoms with E-state index >= 15 is 0 Å². The summed E-state index contributed by atoms with van der Waals surface area (Å²) in [6, 6.07) is 19.2. The van der Waals surface area contributed by atoms with Crippen LogP contribution in [0.1, 0.15) is 24.5 Å². The molecule has 0 spiro atoms. The van der Waals surface area contributed by atoms with Crippen molar-refractivity contribution in [3.8, 4) is 11.4 Å². The minimum atomic E-state index is 0.209. The Labute approximate surface area is 184 Å². The highest BCUT2D eigenvalue weighted by Crippen LogP contribution is 2.24. The molecule has 31 heavy (non-hydrogen) atoms. The van der Waals surface area contributed by atoms with Gasteiger partial charge in [-0.1, -0.05) is 30.3 Å². The zero-order chi connectivity index (χ0) is 21.5. The first kappa shape index (κ1) is 21.6. The lowest BCUT2D eigenvalue weighted by Gasteiger charge is -2.41. The van der Waals surface area contributed by atoms with Crippen molar-refractivity contribution in [2.75, 3.05) is 32.8 Å². The molecular weight excluding hydrogens is 388 g/mol. The monoisotopic (exact) mass is 420 g/mol. The molecule has 1 aliphatic rings. The topological polar surface area (TPSA) is 53.8 Å². The minimum Gasteiger partial charge on any atom is -0.494 e. The van der Waals surface area contributed by atoms with E-state index in [1.165, 1.54) is 11.1 Å². The highest BCUT2D eigenvalue weighted by Gasteiger charge is 2.27. The van der Waals surface area contributed by atoms with Crippen molar-refractivity contribution in [3.05, 3.63) is 78.1 Å². The number of benzene rings is 2. The summed E-state index contributed by atoms with van der Waals surface area (Å²) in [4.78, 5) is 4.99. The highest BCUT2D eigenvalue weighted by molar-refractivity contribution is 5.34. The maximum Gasteiger partial charge on any atom is 0.123 e. The zero-order valence-electron chi connectivity index (χ0n) is 18.2. The van der Waals surface area contributed by atoms with E-state index in [4.69, 9.17) is 4.74 Å². The van der Waals surface area contributed by atoms with Crippen LogP contribution in [-0.2, 0) is 13.1 Å². The summed E-state index contributed by atoms with van der Waals surface area (Å²) in [7, 11) is 0. The maximum atomic E-state index is 9.66. The van der Waals surface area contributed by atoms with E-state index in [9.17, 15) is 5.11 Å². The summed E-state index contributed by atoms with van der Waals surface area (Å²) in [5, 5.41) is 14.0. The van der Waals surface area contributed by atoms with Crippen molar-refractivity contribution in [1.82, 2.24) is 19.6 Å². The number of hydrogen-bond acceptors (Lipinski definition) is 5. The first-order valence-electron chi connectivity index (χ1n) is 11.1. The largest absolute Gasteiger partial charge is 0.494 e. The number of rotatable bonds is 9. The van der Waals surface area contributed by atoms with Crippen LogP contribution >= 0.6 is 0 Å². The van der Waals surface area contributed by atoms with Crippen LogP contribution in [-0.4, -0.2) is 63.6 Å². The van der Waals surface area contributed by atoms with Crippen molar-refractivity contribution >= 4 is 0 Å². The molecule has 6 nitrogen and oxygen atoms in total. The van der Waals surface area contributed by atoms with E-state index in [2.05, 4.69) is 51.3 Å². The fourth-order valence-corrected chi connectivity index (χ4v) is 4.32.